The first-order chi connectivity index (χ1) is 15.8. The minimum Gasteiger partial charge on any atom is -0.325 e. The number of nitrogens with one attached hydrogen (secondary N) is 1. The van der Waals surface area contributed by atoms with E-state index < -0.39 is 0 Å². The summed E-state index contributed by atoms with van der Waals surface area (Å²) in [5.41, 5.74) is 6.89. The Morgan fingerprint density at radius 1 is 0.939 bits per heavy atom. The van der Waals surface area contributed by atoms with Crippen molar-refractivity contribution in [3.05, 3.63) is 87.9 Å². The van der Waals surface area contributed by atoms with Crippen molar-refractivity contribution in [2.75, 3.05) is 11.1 Å². The van der Waals surface area contributed by atoms with Crippen molar-refractivity contribution in [2.45, 2.75) is 32.9 Å². The number of hydrogen-bond donors (Lipinski definition) is 1. The minimum absolute atomic E-state index is 0.0905. The van der Waals surface area contributed by atoms with Crippen LogP contribution < -0.4 is 5.32 Å². The van der Waals surface area contributed by atoms with Crippen LogP contribution in [0.15, 0.2) is 65.8 Å². The number of benzene rings is 3. The van der Waals surface area contributed by atoms with E-state index in [2.05, 4.69) is 33.7 Å². The molecule has 0 aliphatic rings. The van der Waals surface area contributed by atoms with Crippen LogP contribution in [0.3, 0.4) is 0 Å². The largest absolute Gasteiger partial charge is 0.325 e. The molecule has 4 aromatic rings. The van der Waals surface area contributed by atoms with E-state index in [0.717, 1.165) is 39.2 Å². The second kappa shape index (κ2) is 9.81. The van der Waals surface area contributed by atoms with Gasteiger partial charge in [0.05, 0.1) is 16.5 Å². The van der Waals surface area contributed by atoms with E-state index in [1.54, 1.807) is 0 Å². The van der Waals surface area contributed by atoms with Gasteiger partial charge >= 0.3 is 0 Å². The average Bonchev–Trinajstić information content (AvgIpc) is 3.20. The number of anilines is 1. The van der Waals surface area contributed by atoms with Crippen molar-refractivity contribution in [3.63, 3.8) is 0 Å². The highest BCUT2D eigenvalue weighted by Crippen LogP contribution is 2.33. The highest BCUT2D eigenvalue weighted by molar-refractivity contribution is 7.99. The van der Waals surface area contributed by atoms with E-state index in [1.807, 2.05) is 74.7 Å². The lowest BCUT2D eigenvalue weighted by molar-refractivity contribution is -0.113. The summed E-state index contributed by atoms with van der Waals surface area (Å²) in [6.07, 6.45) is 0. The summed E-state index contributed by atoms with van der Waals surface area (Å²) in [5.74, 6) is 0.762. The third kappa shape index (κ3) is 4.97. The van der Waals surface area contributed by atoms with Gasteiger partial charge in [-0.3, -0.25) is 9.36 Å². The van der Waals surface area contributed by atoms with Crippen LogP contribution >= 0.6 is 23.4 Å². The Hall–Kier alpha value is -3.09. The number of carbonyl (C=O) groups excluding carboxylic acids is 1. The lowest BCUT2D eigenvalue weighted by Crippen LogP contribution is -2.16. The van der Waals surface area contributed by atoms with Gasteiger partial charge in [0.1, 0.15) is 0 Å². The third-order valence-electron chi connectivity index (χ3n) is 5.43. The molecule has 3 aromatic carbocycles. The van der Waals surface area contributed by atoms with E-state index in [9.17, 15) is 4.79 Å². The lowest BCUT2D eigenvalue weighted by Gasteiger charge is -2.15. The third-order valence-corrected chi connectivity index (χ3v) is 6.69. The normalized spacial score (nSPS) is 10.9. The van der Waals surface area contributed by atoms with Crippen molar-refractivity contribution < 1.29 is 4.79 Å². The number of carbonyl (C=O) groups is 1. The van der Waals surface area contributed by atoms with Crippen LogP contribution in [-0.2, 0) is 4.79 Å². The van der Waals surface area contributed by atoms with E-state index in [1.165, 1.54) is 11.8 Å². The van der Waals surface area contributed by atoms with Gasteiger partial charge in [0.15, 0.2) is 11.0 Å². The topological polar surface area (TPSA) is 59.8 Å². The van der Waals surface area contributed by atoms with Crippen LogP contribution in [0.4, 0.5) is 5.69 Å². The summed E-state index contributed by atoms with van der Waals surface area (Å²) < 4.78 is 1.99. The maximum atomic E-state index is 12.8. The number of aryl methyl sites for hydroxylation is 4. The van der Waals surface area contributed by atoms with Crippen LogP contribution in [-0.4, -0.2) is 26.4 Å². The summed E-state index contributed by atoms with van der Waals surface area (Å²) in [7, 11) is 0. The highest BCUT2D eigenvalue weighted by Gasteiger charge is 2.20. The van der Waals surface area contributed by atoms with E-state index in [4.69, 9.17) is 11.6 Å². The molecule has 0 fully saturated rings. The number of thioether (sulfide) groups is 1. The van der Waals surface area contributed by atoms with Crippen molar-refractivity contribution in [1.82, 2.24) is 14.8 Å². The van der Waals surface area contributed by atoms with Crippen LogP contribution in [0.25, 0.3) is 17.1 Å². The zero-order valence-corrected chi connectivity index (χ0v) is 20.6. The van der Waals surface area contributed by atoms with Crippen LogP contribution in [0.5, 0.6) is 0 Å². The molecule has 7 heteroatoms. The molecular weight excluding hydrogens is 452 g/mol. The summed E-state index contributed by atoms with van der Waals surface area (Å²) >= 11 is 7.84. The van der Waals surface area contributed by atoms with Gasteiger partial charge < -0.3 is 5.32 Å². The molecule has 0 radical (unpaired) electrons. The van der Waals surface area contributed by atoms with Gasteiger partial charge in [-0.05, 0) is 68.1 Å². The minimum atomic E-state index is -0.0905. The number of nitrogens with zero attached hydrogens (tertiary/aromatic N) is 3. The molecule has 1 N–H and O–H groups in total. The van der Waals surface area contributed by atoms with Gasteiger partial charge in [0.2, 0.25) is 5.91 Å². The van der Waals surface area contributed by atoms with Gasteiger partial charge in [-0.15, -0.1) is 10.2 Å². The van der Waals surface area contributed by atoms with Gasteiger partial charge in [-0.25, -0.2) is 0 Å². The standard InChI is InChI=1S/C26H25ClN4OS/c1-16-12-13-17(2)22(14-16)31-25(20-10-5-6-11-21(20)27)29-30-26(31)33-15-23(32)28-24-18(3)8-7-9-19(24)4/h5-14H,15H2,1-4H3,(H,28,32). The lowest BCUT2D eigenvalue weighted by atomic mass is 10.1. The molecular formula is C26H25ClN4OS. The van der Waals surface area contributed by atoms with Crippen LogP contribution in [0.1, 0.15) is 22.3 Å². The number of amides is 1. The van der Waals surface area contributed by atoms with Crippen molar-refractivity contribution in [1.29, 1.82) is 0 Å². The molecule has 0 aliphatic heterocycles. The van der Waals surface area contributed by atoms with E-state index >= 15 is 0 Å². The fourth-order valence-corrected chi connectivity index (χ4v) is 4.64. The Kier molecular flexibility index (Phi) is 6.86. The molecule has 1 aromatic heterocycles. The van der Waals surface area contributed by atoms with Crippen LogP contribution in [0, 0.1) is 27.7 Å². The first kappa shape index (κ1) is 23.1. The highest BCUT2D eigenvalue weighted by atomic mass is 35.5. The number of halogens is 1. The molecule has 1 heterocycles. The van der Waals surface area contributed by atoms with Gasteiger partial charge in [-0.2, -0.15) is 0 Å². The molecule has 33 heavy (non-hydrogen) atoms. The summed E-state index contributed by atoms with van der Waals surface area (Å²) in [5, 5.41) is 13.2. The Balaban J connectivity index is 1.68. The van der Waals surface area contributed by atoms with Gasteiger partial charge in [0.25, 0.3) is 0 Å². The van der Waals surface area contributed by atoms with Gasteiger partial charge in [-0.1, -0.05) is 65.8 Å². The number of aromatic nitrogens is 3. The number of hydrogen-bond acceptors (Lipinski definition) is 4. The van der Waals surface area contributed by atoms with Crippen LogP contribution in [0.2, 0.25) is 5.02 Å². The molecule has 0 saturated heterocycles. The molecule has 1 amide bonds. The fourth-order valence-electron chi connectivity index (χ4n) is 3.68. The predicted octanol–water partition coefficient (Wildman–Crippen LogP) is 6.55. The fraction of sp³-hybridized carbons (Fsp3) is 0.192. The second-order valence-corrected chi connectivity index (χ2v) is 9.36. The molecule has 168 valence electrons. The maximum Gasteiger partial charge on any atom is 0.234 e. The molecule has 0 saturated carbocycles. The zero-order valence-electron chi connectivity index (χ0n) is 19.0. The Morgan fingerprint density at radius 3 is 2.39 bits per heavy atom. The zero-order chi connectivity index (χ0) is 23.5. The molecule has 4 rings (SSSR count). The Morgan fingerprint density at radius 2 is 1.67 bits per heavy atom. The summed E-state index contributed by atoms with van der Waals surface area (Å²) in [6, 6.07) is 19.8. The van der Waals surface area contributed by atoms with Crippen molar-refractivity contribution >= 4 is 35.0 Å². The van der Waals surface area contributed by atoms with E-state index in [0.29, 0.717) is 16.0 Å². The molecule has 0 unspecified atom stereocenters. The van der Waals surface area contributed by atoms with Crippen molar-refractivity contribution in [3.8, 4) is 17.1 Å². The predicted molar refractivity (Wildman–Crippen MR) is 137 cm³/mol. The molecule has 0 aliphatic carbocycles. The molecule has 0 bridgehead atoms. The average molecular weight is 477 g/mol. The van der Waals surface area contributed by atoms with Crippen molar-refractivity contribution in [2.24, 2.45) is 0 Å². The smallest absolute Gasteiger partial charge is 0.234 e. The molecule has 5 nitrogen and oxygen atoms in total. The number of para-hydroxylation sites is 1. The molecule has 0 atom stereocenters. The quantitative estimate of drug-likeness (QED) is 0.320. The maximum absolute atomic E-state index is 12.8. The SMILES string of the molecule is Cc1ccc(C)c(-n2c(SCC(=O)Nc3c(C)cccc3C)nnc2-c2ccccc2Cl)c1. The Bertz CT molecular complexity index is 1310. The number of rotatable bonds is 6. The van der Waals surface area contributed by atoms with E-state index in [-0.39, 0.29) is 11.7 Å². The monoisotopic (exact) mass is 476 g/mol. The summed E-state index contributed by atoms with van der Waals surface area (Å²) in [4.78, 5) is 12.8. The second-order valence-electron chi connectivity index (χ2n) is 8.02. The first-order valence-corrected chi connectivity index (χ1v) is 12.0. The van der Waals surface area contributed by atoms with Gasteiger partial charge in [0, 0.05) is 11.3 Å². The molecule has 0 spiro atoms. The summed E-state index contributed by atoms with van der Waals surface area (Å²) in [6.45, 7) is 8.08. The Labute approximate surface area is 203 Å². The first-order valence-electron chi connectivity index (χ1n) is 10.6.